The van der Waals surface area contributed by atoms with Crippen molar-refractivity contribution in [3.05, 3.63) is 0 Å². The van der Waals surface area contributed by atoms with Crippen molar-refractivity contribution in [2.45, 2.75) is 49.5 Å². The Bertz CT molecular complexity index is 440. The SMILES string of the molecule is C[C@H]1O[C@H](Cl)C[C@@H](NC(=O)C(F)(F)F)[C@@H]1OC(=O)C(F)(F)F. The van der Waals surface area contributed by atoms with Crippen LogP contribution in [0.1, 0.15) is 13.3 Å². The van der Waals surface area contributed by atoms with Crippen molar-refractivity contribution >= 4 is 23.5 Å². The zero-order valence-electron chi connectivity index (χ0n) is 10.8. The van der Waals surface area contributed by atoms with E-state index in [1.54, 1.807) is 0 Å². The maximum absolute atomic E-state index is 12.2. The average Bonchev–Trinajstić information content (AvgIpc) is 2.30. The van der Waals surface area contributed by atoms with Crippen LogP contribution in [0, 0.1) is 0 Å². The third-order valence-electron chi connectivity index (χ3n) is 2.71. The fourth-order valence-corrected chi connectivity index (χ4v) is 2.14. The van der Waals surface area contributed by atoms with Gasteiger partial charge in [0.25, 0.3) is 0 Å². The maximum Gasteiger partial charge on any atom is 0.490 e. The topological polar surface area (TPSA) is 64.6 Å². The van der Waals surface area contributed by atoms with Gasteiger partial charge in [0.15, 0.2) is 0 Å². The molecule has 5 nitrogen and oxygen atoms in total. The molecule has 4 atom stereocenters. The van der Waals surface area contributed by atoms with E-state index in [0.29, 0.717) is 0 Å². The summed E-state index contributed by atoms with van der Waals surface area (Å²) in [5.74, 6) is -4.99. The van der Waals surface area contributed by atoms with Gasteiger partial charge in [-0.15, -0.1) is 0 Å². The second-order valence-corrected chi connectivity index (χ2v) is 4.92. The van der Waals surface area contributed by atoms with E-state index < -0.39 is 54.5 Å². The van der Waals surface area contributed by atoms with E-state index in [1.807, 2.05) is 0 Å². The van der Waals surface area contributed by atoms with E-state index in [4.69, 9.17) is 16.3 Å². The Morgan fingerprint density at radius 2 is 1.73 bits per heavy atom. The second kappa shape index (κ2) is 6.49. The van der Waals surface area contributed by atoms with E-state index in [2.05, 4.69) is 4.74 Å². The van der Waals surface area contributed by atoms with Gasteiger partial charge in [-0.3, -0.25) is 4.79 Å². The number of amides is 1. The molecule has 22 heavy (non-hydrogen) atoms. The van der Waals surface area contributed by atoms with Gasteiger partial charge in [-0.2, -0.15) is 26.3 Å². The van der Waals surface area contributed by atoms with Crippen molar-refractivity contribution in [2.75, 3.05) is 0 Å². The number of carbonyl (C=O) groups is 2. The average molecular weight is 358 g/mol. The number of alkyl halides is 7. The molecule has 0 radical (unpaired) electrons. The second-order valence-electron chi connectivity index (χ2n) is 4.43. The molecular formula is C10H10ClF6NO4. The Labute approximate surface area is 124 Å². The monoisotopic (exact) mass is 357 g/mol. The lowest BCUT2D eigenvalue weighted by Gasteiger charge is -2.38. The summed E-state index contributed by atoms with van der Waals surface area (Å²) in [5.41, 5.74) is -1.16. The maximum atomic E-state index is 12.2. The van der Waals surface area contributed by atoms with Crippen molar-refractivity contribution in [2.24, 2.45) is 0 Å². The first-order valence-corrected chi connectivity index (χ1v) is 6.21. The standard InChI is InChI=1S/C10H10ClF6NO4/c1-3-6(22-8(20)10(15,16)17)4(2-5(11)21-3)18-7(19)9(12,13)14/h3-6H,2H2,1H3,(H,18,19)/t3-,4-,5+,6-/m1/s1. The molecule has 1 saturated heterocycles. The molecule has 0 aromatic carbocycles. The molecule has 0 bridgehead atoms. The molecular weight excluding hydrogens is 348 g/mol. The first-order chi connectivity index (χ1) is 9.82. The van der Waals surface area contributed by atoms with Gasteiger partial charge in [-0.05, 0) is 6.92 Å². The predicted octanol–water partition coefficient (Wildman–Crippen LogP) is 1.88. The van der Waals surface area contributed by atoms with Gasteiger partial charge in [0.1, 0.15) is 11.7 Å². The summed E-state index contributed by atoms with van der Waals surface area (Å²) >= 11 is 5.58. The van der Waals surface area contributed by atoms with Crippen LogP contribution >= 0.6 is 11.6 Å². The minimum absolute atomic E-state index is 0.469. The molecule has 1 amide bonds. The number of halogens is 7. The van der Waals surface area contributed by atoms with E-state index in [0.717, 1.165) is 6.92 Å². The van der Waals surface area contributed by atoms with Crippen LogP contribution in [0.25, 0.3) is 0 Å². The minimum Gasteiger partial charge on any atom is -0.451 e. The lowest BCUT2D eigenvalue weighted by Crippen LogP contribution is -2.58. The number of esters is 1. The van der Waals surface area contributed by atoms with Gasteiger partial charge in [-0.25, -0.2) is 4.79 Å². The van der Waals surface area contributed by atoms with E-state index in [-0.39, 0.29) is 0 Å². The zero-order valence-corrected chi connectivity index (χ0v) is 11.6. The van der Waals surface area contributed by atoms with Crippen LogP contribution < -0.4 is 5.32 Å². The van der Waals surface area contributed by atoms with E-state index in [1.165, 1.54) is 5.32 Å². The highest BCUT2D eigenvalue weighted by Gasteiger charge is 2.48. The van der Waals surface area contributed by atoms with Crippen molar-refractivity contribution in [3.63, 3.8) is 0 Å². The molecule has 1 rings (SSSR count). The van der Waals surface area contributed by atoms with Gasteiger partial charge in [-0.1, -0.05) is 11.6 Å². The van der Waals surface area contributed by atoms with Gasteiger partial charge >= 0.3 is 24.2 Å². The molecule has 0 aromatic heterocycles. The Morgan fingerprint density at radius 3 is 2.18 bits per heavy atom. The molecule has 12 heteroatoms. The molecule has 128 valence electrons. The summed E-state index contributed by atoms with van der Waals surface area (Å²) in [6.07, 6.45) is -14.1. The molecule has 1 N–H and O–H groups in total. The van der Waals surface area contributed by atoms with Crippen LogP contribution in [0.15, 0.2) is 0 Å². The summed E-state index contributed by atoms with van der Waals surface area (Å²) in [4.78, 5) is 21.7. The highest BCUT2D eigenvalue weighted by molar-refractivity contribution is 6.19. The first kappa shape index (κ1) is 18.8. The molecule has 1 fully saturated rings. The van der Waals surface area contributed by atoms with Crippen molar-refractivity contribution < 1.29 is 45.4 Å². The summed E-state index contributed by atoms with van der Waals surface area (Å²) in [7, 11) is 0. The number of rotatable bonds is 2. The molecule has 0 saturated carbocycles. The fourth-order valence-electron chi connectivity index (χ4n) is 1.79. The predicted molar refractivity (Wildman–Crippen MR) is 58.7 cm³/mol. The largest absolute Gasteiger partial charge is 0.490 e. The number of nitrogens with one attached hydrogen (secondary N) is 1. The van der Waals surface area contributed by atoms with Crippen LogP contribution in [0.4, 0.5) is 26.3 Å². The Morgan fingerprint density at radius 1 is 1.18 bits per heavy atom. The highest BCUT2D eigenvalue weighted by atomic mass is 35.5. The normalized spacial score (nSPS) is 29.8. The number of hydrogen-bond donors (Lipinski definition) is 1. The fraction of sp³-hybridized carbons (Fsp3) is 0.800. The minimum atomic E-state index is -5.34. The van der Waals surface area contributed by atoms with Crippen LogP contribution in [0.3, 0.4) is 0 Å². The van der Waals surface area contributed by atoms with Crippen LogP contribution in [0.2, 0.25) is 0 Å². The van der Waals surface area contributed by atoms with Gasteiger partial charge in [0, 0.05) is 6.42 Å². The van der Waals surface area contributed by atoms with Crippen molar-refractivity contribution in [1.29, 1.82) is 0 Å². The number of carbonyl (C=O) groups excluding carboxylic acids is 2. The zero-order chi connectivity index (χ0) is 17.3. The molecule has 0 spiro atoms. The number of hydrogen-bond acceptors (Lipinski definition) is 4. The molecule has 0 unspecified atom stereocenters. The summed E-state index contributed by atoms with van der Waals surface area (Å²) in [5, 5.41) is 1.45. The highest BCUT2D eigenvalue weighted by Crippen LogP contribution is 2.28. The van der Waals surface area contributed by atoms with Crippen LogP contribution in [-0.4, -0.2) is 48.0 Å². The smallest absolute Gasteiger partial charge is 0.451 e. The summed E-state index contributed by atoms with van der Waals surface area (Å²) < 4.78 is 82.2. The Balaban J connectivity index is 2.88. The van der Waals surface area contributed by atoms with Gasteiger partial charge in [0.05, 0.1) is 12.1 Å². The quantitative estimate of drug-likeness (QED) is 0.465. The molecule has 0 aromatic rings. The lowest BCUT2D eigenvalue weighted by atomic mass is 10.00. The molecule has 1 aliphatic rings. The molecule has 1 aliphatic heterocycles. The third kappa shape index (κ3) is 4.90. The van der Waals surface area contributed by atoms with E-state index in [9.17, 15) is 35.9 Å². The molecule has 0 aliphatic carbocycles. The Hall–Kier alpha value is -1.23. The van der Waals surface area contributed by atoms with Crippen LogP contribution in [0.5, 0.6) is 0 Å². The first-order valence-electron chi connectivity index (χ1n) is 5.77. The molecule has 1 heterocycles. The van der Waals surface area contributed by atoms with Crippen molar-refractivity contribution in [1.82, 2.24) is 5.32 Å². The lowest BCUT2D eigenvalue weighted by molar-refractivity contribution is -0.217. The Kier molecular flexibility index (Phi) is 5.55. The summed E-state index contributed by atoms with van der Waals surface area (Å²) in [6.45, 7) is 1.15. The van der Waals surface area contributed by atoms with Crippen LogP contribution in [-0.2, 0) is 19.1 Å². The summed E-state index contributed by atoms with van der Waals surface area (Å²) in [6, 6.07) is -1.58. The van der Waals surface area contributed by atoms with Crippen molar-refractivity contribution in [3.8, 4) is 0 Å². The van der Waals surface area contributed by atoms with E-state index >= 15 is 0 Å². The van der Waals surface area contributed by atoms with Gasteiger partial charge < -0.3 is 14.8 Å². The van der Waals surface area contributed by atoms with Gasteiger partial charge in [0.2, 0.25) is 0 Å². The number of ether oxygens (including phenoxy) is 2. The third-order valence-corrected chi connectivity index (χ3v) is 2.99.